The lowest BCUT2D eigenvalue weighted by atomic mass is 9.93. The highest BCUT2D eigenvalue weighted by Crippen LogP contribution is 2.29. The van der Waals surface area contributed by atoms with Gasteiger partial charge >= 0.3 is 0 Å². The molecular formula is C31H43NO5. The predicted octanol–water partition coefficient (Wildman–Crippen LogP) is 6.74. The van der Waals surface area contributed by atoms with E-state index in [-0.39, 0.29) is 6.10 Å². The summed E-state index contributed by atoms with van der Waals surface area (Å²) in [5.41, 5.74) is 7.19. The van der Waals surface area contributed by atoms with Crippen LogP contribution in [0.4, 0.5) is 0 Å². The molecule has 0 aliphatic carbocycles. The van der Waals surface area contributed by atoms with Gasteiger partial charge in [-0.1, -0.05) is 32.0 Å². The molecule has 0 bridgehead atoms. The summed E-state index contributed by atoms with van der Waals surface area (Å²) < 4.78 is 15.9. The van der Waals surface area contributed by atoms with Gasteiger partial charge in [-0.15, -0.1) is 0 Å². The molecule has 0 radical (unpaired) electrons. The number of carbonyl (C=O) groups excluding carboxylic acids is 1. The number of phenols is 1. The second-order valence-electron chi connectivity index (χ2n) is 8.99. The highest BCUT2D eigenvalue weighted by atomic mass is 16.5. The first-order chi connectivity index (χ1) is 17.8. The van der Waals surface area contributed by atoms with Crippen molar-refractivity contribution in [1.29, 1.82) is 0 Å². The fourth-order valence-electron chi connectivity index (χ4n) is 4.07. The molecule has 1 aromatic heterocycles. The third-order valence-electron chi connectivity index (χ3n) is 6.00. The van der Waals surface area contributed by atoms with E-state index in [1.807, 2.05) is 44.2 Å². The first kappa shape index (κ1) is 31.8. The molecule has 3 rings (SSSR count). The van der Waals surface area contributed by atoms with E-state index in [0.717, 1.165) is 29.7 Å². The van der Waals surface area contributed by atoms with Crippen molar-refractivity contribution >= 4 is 6.79 Å². The van der Waals surface area contributed by atoms with Crippen LogP contribution in [-0.4, -0.2) is 44.3 Å². The third kappa shape index (κ3) is 10.3. The predicted molar refractivity (Wildman–Crippen MR) is 150 cm³/mol. The van der Waals surface area contributed by atoms with E-state index in [4.69, 9.17) is 19.0 Å². The van der Waals surface area contributed by atoms with Crippen LogP contribution in [-0.2, 0) is 20.7 Å². The number of hydrogen-bond acceptors (Lipinski definition) is 6. The van der Waals surface area contributed by atoms with Gasteiger partial charge in [0, 0.05) is 39.6 Å². The Morgan fingerprint density at radius 3 is 2.22 bits per heavy atom. The number of rotatable bonds is 10. The molecule has 2 aromatic carbocycles. The first-order valence-corrected chi connectivity index (χ1v) is 12.6. The van der Waals surface area contributed by atoms with Crippen LogP contribution in [0, 0.1) is 13.8 Å². The summed E-state index contributed by atoms with van der Waals surface area (Å²) >= 11 is 0. The molecule has 1 atom stereocenters. The monoisotopic (exact) mass is 509 g/mol. The summed E-state index contributed by atoms with van der Waals surface area (Å²) in [7, 11) is 3.39. The molecule has 0 aliphatic rings. The second kappa shape index (κ2) is 17.3. The minimum absolute atomic E-state index is 0.0913. The third-order valence-corrected chi connectivity index (χ3v) is 6.00. The van der Waals surface area contributed by atoms with Gasteiger partial charge in [-0.25, -0.2) is 0 Å². The van der Waals surface area contributed by atoms with Gasteiger partial charge < -0.3 is 24.1 Å². The average Bonchev–Trinajstić information content (AvgIpc) is 2.90. The van der Waals surface area contributed by atoms with Crippen molar-refractivity contribution in [3.8, 4) is 11.5 Å². The van der Waals surface area contributed by atoms with Crippen LogP contribution in [0.15, 0.2) is 54.9 Å². The molecule has 1 N–H and O–H groups in total. The van der Waals surface area contributed by atoms with E-state index in [1.165, 1.54) is 22.3 Å². The fourth-order valence-corrected chi connectivity index (χ4v) is 4.07. The summed E-state index contributed by atoms with van der Waals surface area (Å²) in [6, 6.07) is 14.1. The number of aryl methyl sites for hydroxylation is 2. The summed E-state index contributed by atoms with van der Waals surface area (Å²) in [4.78, 5) is 12.0. The largest absolute Gasteiger partial charge is 0.508 e. The topological polar surface area (TPSA) is 77.9 Å². The van der Waals surface area contributed by atoms with Gasteiger partial charge in [-0.05, 0) is 90.8 Å². The molecule has 202 valence electrons. The molecule has 0 fully saturated rings. The Morgan fingerprint density at radius 2 is 1.70 bits per heavy atom. The minimum Gasteiger partial charge on any atom is -0.508 e. The van der Waals surface area contributed by atoms with E-state index < -0.39 is 0 Å². The Bertz CT molecular complexity index is 1030. The van der Waals surface area contributed by atoms with Crippen LogP contribution in [0.3, 0.4) is 0 Å². The Hall–Kier alpha value is -3.22. The molecule has 0 aliphatic heterocycles. The quantitative estimate of drug-likeness (QED) is 0.326. The number of phenolic OH excluding ortho intramolecular Hbond substituents is 1. The lowest BCUT2D eigenvalue weighted by molar-refractivity contribution is -0.0980. The van der Waals surface area contributed by atoms with Gasteiger partial charge in [0.25, 0.3) is 0 Å². The van der Waals surface area contributed by atoms with Gasteiger partial charge in [0.15, 0.2) is 0 Å². The molecule has 1 heterocycles. The Balaban J connectivity index is 0.000000389. The zero-order chi connectivity index (χ0) is 27.8. The van der Waals surface area contributed by atoms with E-state index in [2.05, 4.69) is 50.9 Å². The van der Waals surface area contributed by atoms with Crippen LogP contribution in [0.1, 0.15) is 72.6 Å². The Labute approximate surface area is 222 Å². The van der Waals surface area contributed by atoms with Crippen molar-refractivity contribution in [3.63, 3.8) is 0 Å². The average molecular weight is 510 g/mol. The van der Waals surface area contributed by atoms with Crippen LogP contribution in [0.25, 0.3) is 0 Å². The maximum absolute atomic E-state index is 9.96. The highest BCUT2D eigenvalue weighted by Gasteiger charge is 2.11. The summed E-state index contributed by atoms with van der Waals surface area (Å²) in [6.07, 6.45) is 5.41. The number of aromatic hydroxyl groups is 1. The number of nitrogens with zero attached hydrogens (tertiary/aromatic N) is 1. The first-order valence-electron chi connectivity index (χ1n) is 12.6. The zero-order valence-electron chi connectivity index (χ0n) is 23.4. The number of hydrogen-bond donors (Lipinski definition) is 1. The van der Waals surface area contributed by atoms with Gasteiger partial charge in [0.2, 0.25) is 0 Å². The molecule has 37 heavy (non-hydrogen) atoms. The summed E-state index contributed by atoms with van der Waals surface area (Å²) in [6.45, 7) is 13.9. The maximum Gasteiger partial charge on any atom is 0.119 e. The van der Waals surface area contributed by atoms with Crippen LogP contribution < -0.4 is 4.74 Å². The molecule has 6 heteroatoms. The van der Waals surface area contributed by atoms with E-state index in [1.54, 1.807) is 20.4 Å². The number of pyridine rings is 1. The molecule has 3 aromatic rings. The smallest absolute Gasteiger partial charge is 0.119 e. The maximum atomic E-state index is 9.96. The van der Waals surface area contributed by atoms with E-state index >= 15 is 0 Å². The molecule has 0 saturated heterocycles. The molecule has 0 spiro atoms. The molecule has 1 unspecified atom stereocenters. The Morgan fingerprint density at radius 1 is 1.03 bits per heavy atom. The van der Waals surface area contributed by atoms with E-state index in [0.29, 0.717) is 24.9 Å². The molecule has 0 amide bonds. The standard InChI is InChI=1S/C20H26O2.C10H15NO2.CH2O/c1-6-22-17-9-14(4)19(15(5)10-17)12-16-7-8-20(21)18(11-16)13(2)3;1-12-7-5-10(13-2)9-4-3-6-11-8-9;1-2/h7-11,13,21H,6,12H2,1-5H3;3-4,6,8,10H,5,7H2,1-2H3;1H2. The Kier molecular flexibility index (Phi) is 14.8. The number of carbonyl (C=O) groups is 1. The van der Waals surface area contributed by atoms with Gasteiger partial charge in [0.05, 0.1) is 12.7 Å². The number of benzene rings is 2. The van der Waals surface area contributed by atoms with Crippen molar-refractivity contribution < 1.29 is 24.1 Å². The van der Waals surface area contributed by atoms with Crippen molar-refractivity contribution in [2.75, 3.05) is 27.4 Å². The van der Waals surface area contributed by atoms with Crippen molar-refractivity contribution in [1.82, 2.24) is 4.98 Å². The van der Waals surface area contributed by atoms with Gasteiger partial charge in [-0.2, -0.15) is 0 Å². The van der Waals surface area contributed by atoms with Crippen molar-refractivity contribution in [2.24, 2.45) is 0 Å². The minimum atomic E-state index is 0.0913. The lowest BCUT2D eigenvalue weighted by Crippen LogP contribution is -2.05. The summed E-state index contributed by atoms with van der Waals surface area (Å²) in [5.74, 6) is 1.65. The lowest BCUT2D eigenvalue weighted by Gasteiger charge is -2.15. The number of ether oxygens (including phenoxy) is 3. The summed E-state index contributed by atoms with van der Waals surface area (Å²) in [5, 5.41) is 9.96. The van der Waals surface area contributed by atoms with Crippen molar-refractivity contribution in [3.05, 3.63) is 88.2 Å². The number of methoxy groups -OCH3 is 2. The molecule has 6 nitrogen and oxygen atoms in total. The normalized spacial score (nSPS) is 11.1. The highest BCUT2D eigenvalue weighted by molar-refractivity contribution is 5.45. The fraction of sp³-hybridized carbons (Fsp3) is 0.419. The SMILES string of the molecule is C=O.CCOc1cc(C)c(Cc2ccc(O)c(C(C)C)c2)c(C)c1.COCCC(OC)c1cccnc1. The molecular weight excluding hydrogens is 466 g/mol. The van der Waals surface area contributed by atoms with Crippen molar-refractivity contribution in [2.45, 2.75) is 59.5 Å². The van der Waals surface area contributed by atoms with Crippen LogP contribution >= 0.6 is 0 Å². The zero-order valence-corrected chi connectivity index (χ0v) is 23.4. The van der Waals surface area contributed by atoms with Gasteiger partial charge in [0.1, 0.15) is 18.3 Å². The van der Waals surface area contributed by atoms with E-state index in [9.17, 15) is 5.11 Å². The number of aromatic nitrogens is 1. The van der Waals surface area contributed by atoms with Gasteiger partial charge in [-0.3, -0.25) is 4.98 Å². The molecule has 0 saturated carbocycles. The second-order valence-corrected chi connectivity index (χ2v) is 8.99. The van der Waals surface area contributed by atoms with Crippen LogP contribution in [0.2, 0.25) is 0 Å². The van der Waals surface area contributed by atoms with Crippen LogP contribution in [0.5, 0.6) is 11.5 Å².